The first-order valence-electron chi connectivity index (χ1n) is 11.4. The van der Waals surface area contributed by atoms with Gasteiger partial charge in [-0.05, 0) is 43.9 Å². The molecule has 0 aliphatic rings. The fourth-order valence-electron chi connectivity index (χ4n) is 3.02. The molecule has 0 spiro atoms. The van der Waals surface area contributed by atoms with Crippen LogP contribution in [0.4, 0.5) is 4.79 Å². The van der Waals surface area contributed by atoms with Crippen LogP contribution in [0.15, 0.2) is 18.2 Å². The van der Waals surface area contributed by atoms with Gasteiger partial charge in [-0.2, -0.15) is 0 Å². The first-order chi connectivity index (χ1) is 14.5. The molecule has 0 bridgehead atoms. The van der Waals surface area contributed by atoms with E-state index in [1.165, 1.54) is 0 Å². The third-order valence-corrected chi connectivity index (χ3v) is 4.71. The van der Waals surface area contributed by atoms with Gasteiger partial charge in [-0.15, -0.1) is 0 Å². The maximum atomic E-state index is 12.8. The van der Waals surface area contributed by atoms with Gasteiger partial charge in [0.1, 0.15) is 18.1 Å². The number of benzene rings is 1. The molecular weight excluding hydrogens is 382 g/mol. The summed E-state index contributed by atoms with van der Waals surface area (Å²) in [7, 11) is 1.60. The second kappa shape index (κ2) is 16.0. The Morgan fingerprint density at radius 1 is 0.933 bits per heavy atom. The minimum atomic E-state index is -0.427. The first-order valence-corrected chi connectivity index (χ1v) is 11.4. The molecule has 30 heavy (non-hydrogen) atoms. The number of hydrogen-bond donors (Lipinski definition) is 0. The van der Waals surface area contributed by atoms with Crippen molar-refractivity contribution < 1.29 is 23.7 Å². The van der Waals surface area contributed by atoms with Crippen LogP contribution in [0.1, 0.15) is 71.3 Å². The molecule has 0 saturated carbocycles. The van der Waals surface area contributed by atoms with Gasteiger partial charge in [-0.1, -0.05) is 46.5 Å². The molecule has 6 heteroatoms. The number of ether oxygens (including phenoxy) is 4. The summed E-state index contributed by atoms with van der Waals surface area (Å²) >= 11 is 0. The fraction of sp³-hybridized carbons (Fsp3) is 0.708. The maximum absolute atomic E-state index is 12.8. The number of rotatable bonds is 16. The lowest BCUT2D eigenvalue weighted by atomic mass is 10.2. The zero-order valence-electron chi connectivity index (χ0n) is 19.6. The molecule has 1 unspecified atom stereocenters. The average molecular weight is 424 g/mol. The van der Waals surface area contributed by atoms with Crippen LogP contribution in [0.3, 0.4) is 0 Å². The van der Waals surface area contributed by atoms with Gasteiger partial charge in [-0.3, -0.25) is 0 Å². The van der Waals surface area contributed by atoms with Crippen molar-refractivity contribution in [2.24, 2.45) is 0 Å². The molecule has 0 aliphatic heterocycles. The molecular formula is C24H41NO5. The zero-order valence-corrected chi connectivity index (χ0v) is 19.6. The van der Waals surface area contributed by atoms with E-state index in [4.69, 9.17) is 18.9 Å². The van der Waals surface area contributed by atoms with E-state index in [-0.39, 0.29) is 12.7 Å². The number of carbonyl (C=O) groups excluding carboxylic acids is 1. The van der Waals surface area contributed by atoms with Gasteiger partial charge in [0.2, 0.25) is 0 Å². The molecule has 1 atom stereocenters. The number of amides is 1. The van der Waals surface area contributed by atoms with Crippen molar-refractivity contribution in [2.45, 2.75) is 78.9 Å². The second-order valence-corrected chi connectivity index (χ2v) is 7.60. The summed E-state index contributed by atoms with van der Waals surface area (Å²) in [6.45, 7) is 10.7. The largest absolute Gasteiger partial charge is 0.488 e. The summed E-state index contributed by atoms with van der Waals surface area (Å²) in [5, 5.41) is 0. The fourth-order valence-corrected chi connectivity index (χ4v) is 3.02. The Morgan fingerprint density at radius 3 is 2.13 bits per heavy atom. The van der Waals surface area contributed by atoms with Crippen LogP contribution >= 0.6 is 0 Å². The Labute approximate surface area is 182 Å². The molecule has 0 aliphatic carbocycles. The molecule has 0 saturated heterocycles. The maximum Gasteiger partial charge on any atom is 0.415 e. The smallest absolute Gasteiger partial charge is 0.415 e. The molecule has 0 N–H and O–H groups in total. The lowest BCUT2D eigenvalue weighted by Crippen LogP contribution is -2.35. The molecule has 172 valence electrons. The number of carbonyl (C=O) groups is 1. The van der Waals surface area contributed by atoms with E-state index in [0.29, 0.717) is 18.1 Å². The minimum absolute atomic E-state index is 0.271. The summed E-state index contributed by atoms with van der Waals surface area (Å²) in [4.78, 5) is 14.6. The highest BCUT2D eigenvalue weighted by molar-refractivity contribution is 5.71. The van der Waals surface area contributed by atoms with E-state index in [9.17, 15) is 4.79 Å². The van der Waals surface area contributed by atoms with Crippen LogP contribution in [0, 0.1) is 6.92 Å². The van der Waals surface area contributed by atoms with Gasteiger partial charge >= 0.3 is 6.09 Å². The Balaban J connectivity index is 2.72. The third kappa shape index (κ3) is 10.8. The lowest BCUT2D eigenvalue weighted by Gasteiger charge is -2.22. The molecule has 1 aromatic rings. The monoisotopic (exact) mass is 423 g/mol. The molecule has 6 nitrogen and oxygen atoms in total. The van der Waals surface area contributed by atoms with Gasteiger partial charge in [0.15, 0.2) is 6.29 Å². The summed E-state index contributed by atoms with van der Waals surface area (Å²) in [6.07, 6.45) is 6.66. The highest BCUT2D eigenvalue weighted by Gasteiger charge is 2.16. The third-order valence-electron chi connectivity index (χ3n) is 4.71. The molecule has 0 fully saturated rings. The topological polar surface area (TPSA) is 57.2 Å². The quantitative estimate of drug-likeness (QED) is 0.243. The van der Waals surface area contributed by atoms with E-state index in [1.807, 2.05) is 30.9 Å². The molecule has 0 aromatic heterocycles. The number of hydrogen-bond acceptors (Lipinski definition) is 5. The Morgan fingerprint density at radius 2 is 1.57 bits per heavy atom. The standard InChI is InChI=1S/C24H41NO5/c1-6-9-11-13-25(14-12-10-7-2)24(26)30-22-17-20(4)16-21(18-22)29-19-23(27-5)28-15-8-3/h16-18,23H,6-15,19H2,1-5H3. The second-order valence-electron chi connectivity index (χ2n) is 7.60. The van der Waals surface area contributed by atoms with E-state index in [1.54, 1.807) is 13.2 Å². The molecule has 0 heterocycles. The Bertz CT molecular complexity index is 583. The zero-order chi connectivity index (χ0) is 22.2. The Kier molecular flexibility index (Phi) is 14.0. The predicted molar refractivity (Wildman–Crippen MR) is 120 cm³/mol. The van der Waals surface area contributed by atoms with Crippen molar-refractivity contribution in [1.82, 2.24) is 4.90 Å². The number of aryl methyl sites for hydroxylation is 1. The first kappa shape index (κ1) is 26.2. The Hall–Kier alpha value is -1.79. The van der Waals surface area contributed by atoms with Crippen molar-refractivity contribution in [3.63, 3.8) is 0 Å². The van der Waals surface area contributed by atoms with Crippen LogP contribution in [0.2, 0.25) is 0 Å². The van der Waals surface area contributed by atoms with E-state index < -0.39 is 6.29 Å². The van der Waals surface area contributed by atoms with Crippen molar-refractivity contribution in [3.8, 4) is 11.5 Å². The van der Waals surface area contributed by atoms with Crippen molar-refractivity contribution in [2.75, 3.05) is 33.4 Å². The van der Waals surface area contributed by atoms with Crippen molar-refractivity contribution in [1.29, 1.82) is 0 Å². The highest BCUT2D eigenvalue weighted by atomic mass is 16.7. The van der Waals surface area contributed by atoms with E-state index >= 15 is 0 Å². The van der Waals surface area contributed by atoms with Crippen LogP contribution in [0.25, 0.3) is 0 Å². The summed E-state index contributed by atoms with van der Waals surface area (Å²) in [5.74, 6) is 1.12. The van der Waals surface area contributed by atoms with Gasteiger partial charge in [0.05, 0.1) is 0 Å². The van der Waals surface area contributed by atoms with E-state index in [2.05, 4.69) is 13.8 Å². The highest BCUT2D eigenvalue weighted by Crippen LogP contribution is 2.24. The molecule has 1 aromatic carbocycles. The SMILES string of the molecule is CCCCCN(CCCCC)C(=O)Oc1cc(C)cc(OCC(OC)OCCC)c1. The van der Waals surface area contributed by atoms with Gasteiger partial charge in [-0.25, -0.2) is 4.79 Å². The molecule has 1 amide bonds. The van der Waals surface area contributed by atoms with Crippen LogP contribution in [0.5, 0.6) is 11.5 Å². The van der Waals surface area contributed by atoms with Crippen LogP contribution in [-0.4, -0.2) is 50.7 Å². The average Bonchev–Trinajstić information content (AvgIpc) is 2.72. The van der Waals surface area contributed by atoms with E-state index in [0.717, 1.165) is 63.6 Å². The van der Waals surface area contributed by atoms with Gasteiger partial charge < -0.3 is 23.8 Å². The normalized spacial score (nSPS) is 11.9. The van der Waals surface area contributed by atoms with Crippen LogP contribution in [-0.2, 0) is 9.47 Å². The number of nitrogens with zero attached hydrogens (tertiary/aromatic N) is 1. The predicted octanol–water partition coefficient (Wildman–Crippen LogP) is 5.95. The lowest BCUT2D eigenvalue weighted by molar-refractivity contribution is -0.141. The minimum Gasteiger partial charge on any atom is -0.488 e. The molecule has 0 radical (unpaired) electrons. The summed E-state index contributed by atoms with van der Waals surface area (Å²) in [5.41, 5.74) is 0.960. The summed E-state index contributed by atoms with van der Waals surface area (Å²) in [6, 6.07) is 5.50. The van der Waals surface area contributed by atoms with Crippen molar-refractivity contribution >= 4 is 6.09 Å². The van der Waals surface area contributed by atoms with Gasteiger partial charge in [0, 0.05) is 32.9 Å². The molecule has 1 rings (SSSR count). The van der Waals surface area contributed by atoms with Gasteiger partial charge in [0.25, 0.3) is 0 Å². The van der Waals surface area contributed by atoms with Crippen molar-refractivity contribution in [3.05, 3.63) is 23.8 Å². The number of unbranched alkanes of at least 4 members (excludes halogenated alkanes) is 4. The van der Waals surface area contributed by atoms with Crippen LogP contribution < -0.4 is 9.47 Å². The number of methoxy groups -OCH3 is 1. The summed E-state index contributed by atoms with van der Waals surface area (Å²) < 4.78 is 22.4.